The fourth-order valence-corrected chi connectivity index (χ4v) is 2.06. The maximum Gasteiger partial charge on any atom is 0.328 e. The molecular formula is C10H13FN2O4. The summed E-state index contributed by atoms with van der Waals surface area (Å²) in [6, 6.07) is 1.16. The minimum Gasteiger partial charge on any atom is -0.396 e. The number of nitrogens with zero attached hydrogens (tertiary/aromatic N) is 1. The van der Waals surface area contributed by atoms with Crippen molar-refractivity contribution in [2.24, 2.45) is 11.3 Å². The van der Waals surface area contributed by atoms with Crippen LogP contribution >= 0.6 is 0 Å². The molecule has 1 heterocycles. The third kappa shape index (κ3) is 1.81. The van der Waals surface area contributed by atoms with Gasteiger partial charge in [0.15, 0.2) is 0 Å². The molecule has 1 aliphatic rings. The molecule has 0 aliphatic heterocycles. The van der Waals surface area contributed by atoms with Crippen molar-refractivity contribution in [3.63, 3.8) is 0 Å². The van der Waals surface area contributed by atoms with Crippen molar-refractivity contribution < 1.29 is 14.6 Å². The van der Waals surface area contributed by atoms with E-state index in [-0.39, 0.29) is 6.54 Å². The van der Waals surface area contributed by atoms with E-state index < -0.39 is 42.0 Å². The number of halogens is 1. The van der Waals surface area contributed by atoms with Gasteiger partial charge in [0.1, 0.15) is 6.17 Å². The van der Waals surface area contributed by atoms with Crippen LogP contribution in [0.1, 0.15) is 0 Å². The van der Waals surface area contributed by atoms with E-state index in [9.17, 15) is 14.0 Å². The molecule has 1 aromatic rings. The zero-order valence-corrected chi connectivity index (χ0v) is 8.97. The van der Waals surface area contributed by atoms with Gasteiger partial charge in [-0.15, -0.1) is 0 Å². The van der Waals surface area contributed by atoms with Gasteiger partial charge in [-0.2, -0.15) is 0 Å². The second-order valence-electron chi connectivity index (χ2n) is 4.32. The van der Waals surface area contributed by atoms with Crippen molar-refractivity contribution in [1.29, 1.82) is 0 Å². The molecule has 1 fully saturated rings. The molecule has 0 aromatic carbocycles. The monoisotopic (exact) mass is 244 g/mol. The van der Waals surface area contributed by atoms with Crippen LogP contribution in [0.2, 0.25) is 0 Å². The predicted octanol–water partition coefficient (Wildman–Crippen LogP) is -1.52. The van der Waals surface area contributed by atoms with Gasteiger partial charge >= 0.3 is 5.69 Å². The second kappa shape index (κ2) is 4.08. The first-order valence-corrected chi connectivity index (χ1v) is 5.21. The van der Waals surface area contributed by atoms with Crippen LogP contribution in [0.3, 0.4) is 0 Å². The van der Waals surface area contributed by atoms with Gasteiger partial charge in [-0.3, -0.25) is 9.78 Å². The number of aliphatic hydroxyl groups excluding tert-OH is 2. The summed E-state index contributed by atoms with van der Waals surface area (Å²) >= 11 is 0. The van der Waals surface area contributed by atoms with Crippen molar-refractivity contribution in [1.82, 2.24) is 9.55 Å². The fourth-order valence-electron chi connectivity index (χ4n) is 2.06. The van der Waals surface area contributed by atoms with Gasteiger partial charge in [0.2, 0.25) is 0 Å². The Labute approximate surface area is 95.3 Å². The SMILES string of the molecule is O=c1ccn(C[C@@H]2[C@H](F)C2(CO)CO)c(=O)[nH]1. The Morgan fingerprint density at radius 2 is 2.06 bits per heavy atom. The zero-order chi connectivity index (χ0) is 12.6. The maximum absolute atomic E-state index is 13.5. The Bertz CT molecular complexity index is 520. The number of aromatic amines is 1. The quantitative estimate of drug-likeness (QED) is 0.599. The van der Waals surface area contributed by atoms with Crippen molar-refractivity contribution >= 4 is 0 Å². The average molecular weight is 244 g/mol. The normalized spacial score (nSPS) is 25.8. The minimum absolute atomic E-state index is 0.0257. The number of alkyl halides is 1. The lowest BCUT2D eigenvalue weighted by atomic mass is 10.1. The molecule has 2 rings (SSSR count). The molecule has 0 amide bonds. The summed E-state index contributed by atoms with van der Waals surface area (Å²) in [5, 5.41) is 18.1. The standard InChI is InChI=1S/C10H13FN2O4/c11-8-6(10(8,4-14)5-15)3-13-2-1-7(16)12-9(13)17/h1-2,6,8,14-15H,3-5H2,(H,12,16,17)/t6-,8+/m1/s1. The highest BCUT2D eigenvalue weighted by atomic mass is 19.1. The molecule has 0 bridgehead atoms. The summed E-state index contributed by atoms with van der Waals surface area (Å²) in [4.78, 5) is 24.2. The maximum atomic E-state index is 13.5. The van der Waals surface area contributed by atoms with Crippen LogP contribution in [-0.2, 0) is 6.54 Å². The van der Waals surface area contributed by atoms with Gasteiger partial charge in [-0.05, 0) is 0 Å². The molecule has 0 spiro atoms. The number of nitrogens with one attached hydrogen (secondary N) is 1. The smallest absolute Gasteiger partial charge is 0.328 e. The van der Waals surface area contributed by atoms with Crippen molar-refractivity contribution in [2.75, 3.05) is 13.2 Å². The highest BCUT2D eigenvalue weighted by Crippen LogP contribution is 2.55. The minimum atomic E-state index is -1.34. The molecule has 1 aliphatic carbocycles. The molecule has 0 saturated heterocycles. The van der Waals surface area contributed by atoms with Crippen LogP contribution in [0.5, 0.6) is 0 Å². The Kier molecular flexibility index (Phi) is 2.88. The van der Waals surface area contributed by atoms with Crippen LogP contribution < -0.4 is 11.2 Å². The molecular weight excluding hydrogens is 231 g/mol. The Morgan fingerprint density at radius 3 is 2.53 bits per heavy atom. The first-order chi connectivity index (χ1) is 8.05. The number of hydrogen-bond acceptors (Lipinski definition) is 4. The summed E-state index contributed by atoms with van der Waals surface area (Å²) in [5.41, 5.74) is -2.30. The molecule has 7 heteroatoms. The summed E-state index contributed by atoms with van der Waals surface area (Å²) in [7, 11) is 0. The molecule has 1 aromatic heterocycles. The van der Waals surface area contributed by atoms with E-state index >= 15 is 0 Å². The van der Waals surface area contributed by atoms with E-state index in [1.807, 2.05) is 0 Å². The van der Waals surface area contributed by atoms with Gasteiger partial charge in [-0.1, -0.05) is 0 Å². The molecule has 6 nitrogen and oxygen atoms in total. The second-order valence-corrected chi connectivity index (χ2v) is 4.32. The molecule has 1 saturated carbocycles. The Hall–Kier alpha value is -1.47. The third-order valence-electron chi connectivity index (χ3n) is 3.41. The van der Waals surface area contributed by atoms with E-state index in [1.165, 1.54) is 6.20 Å². The molecule has 17 heavy (non-hydrogen) atoms. The van der Waals surface area contributed by atoms with Crippen LogP contribution in [0, 0.1) is 11.3 Å². The van der Waals surface area contributed by atoms with E-state index in [0.717, 1.165) is 10.6 Å². The number of hydrogen-bond donors (Lipinski definition) is 3. The molecule has 2 atom stereocenters. The van der Waals surface area contributed by atoms with E-state index in [4.69, 9.17) is 10.2 Å². The van der Waals surface area contributed by atoms with Crippen molar-refractivity contribution in [3.05, 3.63) is 33.1 Å². The molecule has 3 N–H and O–H groups in total. The van der Waals surface area contributed by atoms with E-state index in [2.05, 4.69) is 4.98 Å². The molecule has 94 valence electrons. The summed E-state index contributed by atoms with van der Waals surface area (Å²) in [6.07, 6.45) is -0.0672. The van der Waals surface area contributed by atoms with Gasteiger partial charge < -0.3 is 14.8 Å². The lowest BCUT2D eigenvalue weighted by molar-refractivity contribution is 0.105. The number of H-pyrrole nitrogens is 1. The van der Waals surface area contributed by atoms with Gasteiger partial charge in [0, 0.05) is 24.7 Å². The lowest BCUT2D eigenvalue weighted by Crippen LogP contribution is -2.30. The van der Waals surface area contributed by atoms with E-state index in [0.29, 0.717) is 0 Å². The Balaban J connectivity index is 2.19. The third-order valence-corrected chi connectivity index (χ3v) is 3.41. The van der Waals surface area contributed by atoms with Crippen molar-refractivity contribution in [3.8, 4) is 0 Å². The van der Waals surface area contributed by atoms with E-state index in [1.54, 1.807) is 0 Å². The predicted molar refractivity (Wildman–Crippen MR) is 56.3 cm³/mol. The van der Waals surface area contributed by atoms with Gasteiger partial charge in [0.25, 0.3) is 5.56 Å². The number of aromatic nitrogens is 2. The first kappa shape index (κ1) is 12.0. The van der Waals surface area contributed by atoms with Gasteiger partial charge in [0.05, 0.1) is 18.6 Å². The zero-order valence-electron chi connectivity index (χ0n) is 8.97. The summed E-state index contributed by atoms with van der Waals surface area (Å²) < 4.78 is 14.6. The highest BCUT2D eigenvalue weighted by molar-refractivity contribution is 5.11. The number of aliphatic hydroxyl groups is 2. The van der Waals surface area contributed by atoms with Gasteiger partial charge in [-0.25, -0.2) is 9.18 Å². The van der Waals surface area contributed by atoms with Crippen LogP contribution in [0.25, 0.3) is 0 Å². The Morgan fingerprint density at radius 1 is 1.41 bits per heavy atom. The van der Waals surface area contributed by atoms with Crippen LogP contribution in [-0.4, -0.2) is 39.1 Å². The average Bonchev–Trinajstić information content (AvgIpc) is 2.87. The summed E-state index contributed by atoms with van der Waals surface area (Å²) in [5.74, 6) is -0.610. The molecule has 0 unspecified atom stereocenters. The lowest BCUT2D eigenvalue weighted by Gasteiger charge is -2.09. The van der Waals surface area contributed by atoms with Crippen molar-refractivity contribution in [2.45, 2.75) is 12.7 Å². The highest BCUT2D eigenvalue weighted by Gasteiger charge is 2.65. The first-order valence-electron chi connectivity index (χ1n) is 5.21. The fraction of sp³-hybridized carbons (Fsp3) is 0.600. The molecule has 0 radical (unpaired) electrons. The topological polar surface area (TPSA) is 95.3 Å². The summed E-state index contributed by atoms with van der Waals surface area (Å²) in [6.45, 7) is -0.904. The largest absolute Gasteiger partial charge is 0.396 e. The van der Waals surface area contributed by atoms with Crippen LogP contribution in [0.4, 0.5) is 4.39 Å². The van der Waals surface area contributed by atoms with Crippen LogP contribution in [0.15, 0.2) is 21.9 Å². The number of rotatable bonds is 4.